The summed E-state index contributed by atoms with van der Waals surface area (Å²) in [6.45, 7) is 0.520. The van der Waals surface area contributed by atoms with Crippen LogP contribution in [-0.4, -0.2) is 15.8 Å². The summed E-state index contributed by atoms with van der Waals surface area (Å²) in [6.07, 6.45) is 4.52. The van der Waals surface area contributed by atoms with E-state index in [1.54, 1.807) is 12.4 Å². The second-order valence-corrected chi connectivity index (χ2v) is 5.26. The molecule has 0 spiro atoms. The highest BCUT2D eigenvalue weighted by atomic mass is 16.5. The molecule has 0 aliphatic rings. The molecule has 0 aliphatic carbocycles. The Morgan fingerprint density at radius 2 is 1.83 bits per heavy atom. The molecule has 1 N–H and O–H groups in total. The van der Waals surface area contributed by atoms with E-state index in [2.05, 4.69) is 9.97 Å². The van der Waals surface area contributed by atoms with Gasteiger partial charge >= 0.3 is 0 Å². The molecular weight excluding hydrogens is 288 g/mol. The van der Waals surface area contributed by atoms with E-state index in [1.807, 2.05) is 54.6 Å². The third-order valence-corrected chi connectivity index (χ3v) is 3.57. The number of hydrogen-bond acceptors (Lipinski definition) is 3. The molecule has 1 aromatic heterocycles. The summed E-state index contributed by atoms with van der Waals surface area (Å²) in [5, 5.41) is 0. The number of benzene rings is 2. The summed E-state index contributed by atoms with van der Waals surface area (Å²) in [4.78, 5) is 19.3. The molecule has 0 saturated carbocycles. The highest BCUT2D eigenvalue weighted by molar-refractivity contribution is 5.96. The standard InChI is InChI=1S/C19H18N2O2/c22-18(10-11-19-20-12-13-21-19)16-6-8-17(9-7-16)23-14-15-4-2-1-3-5-15/h1-9,12-13H,10-11,14H2,(H,20,21). The van der Waals surface area contributed by atoms with Gasteiger partial charge in [0, 0.05) is 30.8 Å². The lowest BCUT2D eigenvalue weighted by Crippen LogP contribution is -2.02. The number of ketones is 1. The van der Waals surface area contributed by atoms with E-state index in [9.17, 15) is 4.79 Å². The van der Waals surface area contributed by atoms with Gasteiger partial charge in [-0.2, -0.15) is 0 Å². The van der Waals surface area contributed by atoms with Gasteiger partial charge in [-0.1, -0.05) is 30.3 Å². The highest BCUT2D eigenvalue weighted by Crippen LogP contribution is 2.15. The molecule has 116 valence electrons. The van der Waals surface area contributed by atoms with Crippen LogP contribution in [0.4, 0.5) is 0 Å². The van der Waals surface area contributed by atoms with Crippen LogP contribution in [0.15, 0.2) is 67.0 Å². The van der Waals surface area contributed by atoms with E-state index >= 15 is 0 Å². The van der Waals surface area contributed by atoms with Crippen LogP contribution in [0, 0.1) is 0 Å². The zero-order chi connectivity index (χ0) is 15.9. The van der Waals surface area contributed by atoms with Crippen LogP contribution in [-0.2, 0) is 13.0 Å². The van der Waals surface area contributed by atoms with Crippen molar-refractivity contribution in [3.05, 3.63) is 83.9 Å². The average Bonchev–Trinajstić information content (AvgIpc) is 3.13. The van der Waals surface area contributed by atoms with Crippen LogP contribution < -0.4 is 4.74 Å². The van der Waals surface area contributed by atoms with Crippen molar-refractivity contribution in [2.45, 2.75) is 19.4 Å². The summed E-state index contributed by atoms with van der Waals surface area (Å²) in [7, 11) is 0. The summed E-state index contributed by atoms with van der Waals surface area (Å²) in [6, 6.07) is 17.3. The molecule has 0 atom stereocenters. The summed E-state index contributed by atoms with van der Waals surface area (Å²) in [5.41, 5.74) is 1.81. The van der Waals surface area contributed by atoms with Crippen molar-refractivity contribution >= 4 is 5.78 Å². The maximum absolute atomic E-state index is 12.1. The fraction of sp³-hybridized carbons (Fsp3) is 0.158. The zero-order valence-electron chi connectivity index (χ0n) is 12.7. The van der Waals surface area contributed by atoms with Crippen molar-refractivity contribution in [3.8, 4) is 5.75 Å². The van der Waals surface area contributed by atoms with E-state index in [0.29, 0.717) is 25.0 Å². The number of nitrogens with one attached hydrogen (secondary N) is 1. The van der Waals surface area contributed by atoms with Crippen molar-refractivity contribution in [3.63, 3.8) is 0 Å². The quantitative estimate of drug-likeness (QED) is 0.675. The van der Waals surface area contributed by atoms with E-state index in [1.165, 1.54) is 0 Å². The Kier molecular flexibility index (Phi) is 4.84. The van der Waals surface area contributed by atoms with Crippen molar-refractivity contribution in [2.24, 2.45) is 0 Å². The largest absolute Gasteiger partial charge is 0.489 e. The van der Waals surface area contributed by atoms with Crippen molar-refractivity contribution in [1.82, 2.24) is 9.97 Å². The third kappa shape index (κ3) is 4.30. The molecule has 3 rings (SSSR count). The fourth-order valence-corrected chi connectivity index (χ4v) is 2.29. The normalized spacial score (nSPS) is 10.4. The number of H-pyrrole nitrogens is 1. The molecule has 23 heavy (non-hydrogen) atoms. The average molecular weight is 306 g/mol. The number of imidazole rings is 1. The minimum atomic E-state index is 0.107. The van der Waals surface area contributed by atoms with Crippen LogP contribution in [0.25, 0.3) is 0 Å². The van der Waals surface area contributed by atoms with E-state index in [0.717, 1.165) is 17.1 Å². The van der Waals surface area contributed by atoms with Gasteiger partial charge in [-0.3, -0.25) is 4.79 Å². The van der Waals surface area contributed by atoms with Crippen LogP contribution in [0.5, 0.6) is 5.75 Å². The number of ether oxygens (including phenoxy) is 1. The molecule has 0 unspecified atom stereocenters. The number of hydrogen-bond donors (Lipinski definition) is 1. The van der Waals surface area contributed by atoms with Gasteiger partial charge in [0.1, 0.15) is 18.2 Å². The van der Waals surface area contributed by atoms with E-state index < -0.39 is 0 Å². The number of aromatic nitrogens is 2. The molecule has 0 fully saturated rings. The highest BCUT2D eigenvalue weighted by Gasteiger charge is 2.07. The van der Waals surface area contributed by atoms with E-state index in [-0.39, 0.29) is 5.78 Å². The van der Waals surface area contributed by atoms with Crippen LogP contribution in [0.2, 0.25) is 0 Å². The Labute approximate surface area is 135 Å². The Hall–Kier alpha value is -2.88. The summed E-state index contributed by atoms with van der Waals surface area (Å²) in [5.74, 6) is 1.70. The molecular formula is C19H18N2O2. The molecule has 1 heterocycles. The first-order valence-corrected chi connectivity index (χ1v) is 7.59. The number of aromatic amines is 1. The molecule has 0 amide bonds. The Morgan fingerprint density at radius 3 is 2.52 bits per heavy atom. The first-order chi connectivity index (χ1) is 11.3. The molecule has 0 aliphatic heterocycles. The van der Waals surface area contributed by atoms with Gasteiger partial charge in [0.15, 0.2) is 5.78 Å². The lowest BCUT2D eigenvalue weighted by Gasteiger charge is -2.07. The Bertz CT molecular complexity index is 735. The minimum absolute atomic E-state index is 0.107. The third-order valence-electron chi connectivity index (χ3n) is 3.57. The Morgan fingerprint density at radius 1 is 1.04 bits per heavy atom. The zero-order valence-corrected chi connectivity index (χ0v) is 12.7. The lowest BCUT2D eigenvalue weighted by atomic mass is 10.1. The number of rotatable bonds is 7. The van der Waals surface area contributed by atoms with Crippen molar-refractivity contribution in [1.29, 1.82) is 0 Å². The fourth-order valence-electron chi connectivity index (χ4n) is 2.29. The van der Waals surface area contributed by atoms with Gasteiger partial charge in [-0.05, 0) is 29.8 Å². The van der Waals surface area contributed by atoms with Gasteiger partial charge in [0.2, 0.25) is 0 Å². The maximum Gasteiger partial charge on any atom is 0.163 e. The minimum Gasteiger partial charge on any atom is -0.489 e. The second kappa shape index (κ2) is 7.40. The molecule has 0 radical (unpaired) electrons. The first-order valence-electron chi connectivity index (χ1n) is 7.59. The molecule has 3 aromatic rings. The second-order valence-electron chi connectivity index (χ2n) is 5.26. The van der Waals surface area contributed by atoms with Crippen molar-refractivity contribution < 1.29 is 9.53 Å². The maximum atomic E-state index is 12.1. The van der Waals surface area contributed by atoms with Crippen LogP contribution in [0.1, 0.15) is 28.2 Å². The number of aryl methyl sites for hydroxylation is 1. The predicted molar refractivity (Wildman–Crippen MR) is 88.5 cm³/mol. The number of carbonyl (C=O) groups excluding carboxylic acids is 1. The molecule has 2 aromatic carbocycles. The van der Waals surface area contributed by atoms with Gasteiger partial charge in [0.05, 0.1) is 0 Å². The topological polar surface area (TPSA) is 55.0 Å². The molecule has 0 saturated heterocycles. The number of carbonyl (C=O) groups is 1. The monoisotopic (exact) mass is 306 g/mol. The van der Waals surface area contributed by atoms with Crippen LogP contribution in [0.3, 0.4) is 0 Å². The lowest BCUT2D eigenvalue weighted by molar-refractivity contribution is 0.0982. The van der Waals surface area contributed by atoms with Gasteiger partial charge in [0.25, 0.3) is 0 Å². The number of nitrogens with zero attached hydrogens (tertiary/aromatic N) is 1. The summed E-state index contributed by atoms with van der Waals surface area (Å²) < 4.78 is 5.72. The predicted octanol–water partition coefficient (Wildman–Crippen LogP) is 3.80. The van der Waals surface area contributed by atoms with Gasteiger partial charge in [-0.15, -0.1) is 0 Å². The number of Topliss-reactive ketones (excluding diaryl/α,β-unsaturated/α-hetero) is 1. The summed E-state index contributed by atoms with van der Waals surface area (Å²) >= 11 is 0. The van der Waals surface area contributed by atoms with Crippen LogP contribution >= 0.6 is 0 Å². The molecule has 4 nitrogen and oxygen atoms in total. The van der Waals surface area contributed by atoms with E-state index in [4.69, 9.17) is 4.74 Å². The first kappa shape index (κ1) is 15.0. The SMILES string of the molecule is O=C(CCc1ncc[nH]1)c1ccc(OCc2ccccc2)cc1. The smallest absolute Gasteiger partial charge is 0.163 e. The Balaban J connectivity index is 1.53. The molecule has 0 bridgehead atoms. The molecule has 4 heteroatoms. The van der Waals surface area contributed by atoms with Crippen molar-refractivity contribution in [2.75, 3.05) is 0 Å². The van der Waals surface area contributed by atoms with Gasteiger partial charge in [-0.25, -0.2) is 4.98 Å². The van der Waals surface area contributed by atoms with Gasteiger partial charge < -0.3 is 9.72 Å².